The summed E-state index contributed by atoms with van der Waals surface area (Å²) >= 11 is 0. The lowest BCUT2D eigenvalue weighted by Crippen LogP contribution is -2.13. The van der Waals surface area contributed by atoms with Gasteiger partial charge in [0.05, 0.1) is 0 Å². The summed E-state index contributed by atoms with van der Waals surface area (Å²) in [6, 6.07) is 37.6. The Hall–Kier alpha value is -4.36. The first-order valence-electron chi connectivity index (χ1n) is 12.3. The predicted molar refractivity (Wildman–Crippen MR) is 146 cm³/mol. The van der Waals surface area contributed by atoms with E-state index in [0.29, 0.717) is 5.92 Å². The van der Waals surface area contributed by atoms with E-state index in [-0.39, 0.29) is 0 Å². The van der Waals surface area contributed by atoms with E-state index in [9.17, 15) is 0 Å². The number of rotatable bonds is 1. The van der Waals surface area contributed by atoms with Gasteiger partial charge in [0.1, 0.15) is 11.5 Å². The first-order valence-corrected chi connectivity index (χ1v) is 12.3. The van der Waals surface area contributed by atoms with Crippen molar-refractivity contribution in [3.05, 3.63) is 126 Å². The molecule has 6 aromatic carbocycles. The Morgan fingerprint density at radius 3 is 2.46 bits per heavy atom. The Morgan fingerprint density at radius 1 is 0.600 bits per heavy atom. The van der Waals surface area contributed by atoms with Crippen molar-refractivity contribution in [3.8, 4) is 22.6 Å². The minimum absolute atomic E-state index is 0.342. The SMILES string of the molecule is C1=Cc2cccc3c2C(C1)c1cc(-c2cccc4cc5ccc6ccccc6c5cc24)ccc1O3. The quantitative estimate of drug-likeness (QED) is 0.180. The molecule has 1 unspecified atom stereocenters. The third kappa shape index (κ3) is 2.76. The molecule has 0 saturated heterocycles. The van der Waals surface area contributed by atoms with Crippen LogP contribution in [0.3, 0.4) is 0 Å². The summed E-state index contributed by atoms with van der Waals surface area (Å²) in [5.41, 5.74) is 6.40. The summed E-state index contributed by atoms with van der Waals surface area (Å²) in [6.45, 7) is 0. The van der Waals surface area contributed by atoms with Crippen LogP contribution in [-0.4, -0.2) is 0 Å². The summed E-state index contributed by atoms with van der Waals surface area (Å²) in [5, 5.41) is 7.73. The molecule has 0 amide bonds. The van der Waals surface area contributed by atoms with Crippen molar-refractivity contribution >= 4 is 38.4 Å². The highest BCUT2D eigenvalue weighted by Gasteiger charge is 2.30. The molecule has 0 spiro atoms. The van der Waals surface area contributed by atoms with Crippen molar-refractivity contribution in [1.29, 1.82) is 0 Å². The van der Waals surface area contributed by atoms with Gasteiger partial charge in [-0.2, -0.15) is 0 Å². The van der Waals surface area contributed by atoms with Gasteiger partial charge in [0.2, 0.25) is 0 Å². The summed E-state index contributed by atoms with van der Waals surface area (Å²) in [5.74, 6) is 2.32. The van der Waals surface area contributed by atoms with Crippen LogP contribution in [0.2, 0.25) is 0 Å². The topological polar surface area (TPSA) is 9.23 Å². The maximum absolute atomic E-state index is 6.37. The molecule has 0 radical (unpaired) electrons. The molecule has 1 aliphatic heterocycles. The molecular weight excluding hydrogens is 424 g/mol. The fourth-order valence-electron chi connectivity index (χ4n) is 6.13. The van der Waals surface area contributed by atoms with E-state index in [0.717, 1.165) is 17.9 Å². The van der Waals surface area contributed by atoms with E-state index in [1.165, 1.54) is 60.1 Å². The van der Waals surface area contributed by atoms with Crippen LogP contribution in [0.25, 0.3) is 49.5 Å². The molecule has 0 bridgehead atoms. The van der Waals surface area contributed by atoms with Gasteiger partial charge in [0.25, 0.3) is 0 Å². The molecule has 6 aromatic rings. The molecule has 35 heavy (non-hydrogen) atoms. The van der Waals surface area contributed by atoms with Crippen LogP contribution in [0.1, 0.15) is 29.0 Å². The highest BCUT2D eigenvalue weighted by atomic mass is 16.5. The van der Waals surface area contributed by atoms with Crippen LogP contribution in [0.4, 0.5) is 0 Å². The number of hydrogen-bond donors (Lipinski definition) is 0. The van der Waals surface area contributed by atoms with Gasteiger partial charge < -0.3 is 4.74 Å². The van der Waals surface area contributed by atoms with Crippen molar-refractivity contribution in [3.63, 3.8) is 0 Å². The minimum Gasteiger partial charge on any atom is -0.457 e. The third-order valence-corrected chi connectivity index (χ3v) is 7.78. The zero-order valence-corrected chi connectivity index (χ0v) is 19.2. The van der Waals surface area contributed by atoms with E-state index in [1.54, 1.807) is 0 Å². The van der Waals surface area contributed by atoms with E-state index in [1.807, 2.05) is 0 Å². The van der Waals surface area contributed by atoms with E-state index in [4.69, 9.17) is 4.74 Å². The van der Waals surface area contributed by atoms with Gasteiger partial charge in [-0.25, -0.2) is 0 Å². The number of hydrogen-bond acceptors (Lipinski definition) is 1. The molecule has 0 aromatic heterocycles. The molecule has 0 N–H and O–H groups in total. The second-order valence-electron chi connectivity index (χ2n) is 9.69. The minimum atomic E-state index is 0.342. The van der Waals surface area contributed by atoms with Crippen LogP contribution in [0.5, 0.6) is 11.5 Å². The van der Waals surface area contributed by atoms with Gasteiger partial charge in [-0.3, -0.25) is 0 Å². The Bertz CT molecular complexity index is 1860. The van der Waals surface area contributed by atoms with E-state index in [2.05, 4.69) is 115 Å². The van der Waals surface area contributed by atoms with Crippen molar-refractivity contribution < 1.29 is 4.74 Å². The number of allylic oxidation sites excluding steroid dienone is 1. The van der Waals surface area contributed by atoms with Crippen LogP contribution in [0, 0.1) is 0 Å². The molecule has 1 nitrogen and oxygen atoms in total. The summed E-state index contributed by atoms with van der Waals surface area (Å²) in [7, 11) is 0. The number of benzene rings is 6. The lowest BCUT2D eigenvalue weighted by Gasteiger charge is -2.31. The highest BCUT2D eigenvalue weighted by molar-refractivity contribution is 6.14. The molecule has 8 rings (SSSR count). The van der Waals surface area contributed by atoms with Gasteiger partial charge in [-0.15, -0.1) is 0 Å². The van der Waals surface area contributed by atoms with Crippen molar-refractivity contribution in [2.75, 3.05) is 0 Å². The molecule has 0 saturated carbocycles. The Kier molecular flexibility index (Phi) is 3.84. The average Bonchev–Trinajstić information content (AvgIpc) is 2.92. The first-order chi connectivity index (χ1) is 17.3. The number of fused-ring (bicyclic) bond motifs is 6. The van der Waals surface area contributed by atoms with Crippen molar-refractivity contribution in [1.82, 2.24) is 0 Å². The Labute approximate surface area is 203 Å². The van der Waals surface area contributed by atoms with E-state index < -0.39 is 0 Å². The smallest absolute Gasteiger partial charge is 0.131 e. The highest BCUT2D eigenvalue weighted by Crippen LogP contribution is 2.50. The fraction of sp³-hybridized carbons (Fsp3) is 0.0588. The third-order valence-electron chi connectivity index (χ3n) is 7.78. The van der Waals surface area contributed by atoms with Crippen molar-refractivity contribution in [2.45, 2.75) is 12.3 Å². The average molecular weight is 447 g/mol. The summed E-state index contributed by atoms with van der Waals surface area (Å²) in [4.78, 5) is 0. The maximum atomic E-state index is 6.37. The lowest BCUT2D eigenvalue weighted by molar-refractivity contribution is 0.445. The van der Waals surface area contributed by atoms with E-state index >= 15 is 0 Å². The predicted octanol–water partition coefficient (Wildman–Crippen LogP) is 9.47. The summed E-state index contributed by atoms with van der Waals surface area (Å²) < 4.78 is 6.37. The van der Waals surface area contributed by atoms with Crippen LogP contribution < -0.4 is 4.74 Å². The summed E-state index contributed by atoms with van der Waals surface area (Å²) in [6.07, 6.45) is 5.54. The van der Waals surface area contributed by atoms with Crippen LogP contribution >= 0.6 is 0 Å². The molecule has 2 aliphatic rings. The Balaban J connectivity index is 1.35. The molecule has 1 heterocycles. The van der Waals surface area contributed by atoms with Gasteiger partial charge in [0.15, 0.2) is 0 Å². The monoisotopic (exact) mass is 446 g/mol. The van der Waals surface area contributed by atoms with Crippen LogP contribution in [-0.2, 0) is 0 Å². The second kappa shape index (κ2) is 7.07. The number of ether oxygens (including phenoxy) is 1. The molecular formula is C34H22O. The molecule has 1 atom stereocenters. The van der Waals surface area contributed by atoms with Gasteiger partial charge in [-0.1, -0.05) is 84.9 Å². The van der Waals surface area contributed by atoms with Crippen molar-refractivity contribution in [2.24, 2.45) is 0 Å². The Morgan fingerprint density at radius 2 is 1.46 bits per heavy atom. The molecule has 0 fully saturated rings. The largest absolute Gasteiger partial charge is 0.457 e. The second-order valence-corrected chi connectivity index (χ2v) is 9.69. The van der Waals surface area contributed by atoms with Gasteiger partial charge >= 0.3 is 0 Å². The standard InChI is InChI=1S/C34H22O/c1-2-10-26-21(6-1)14-15-24-18-23-9-4-11-27(29(23)20-30(24)26)25-16-17-32-31(19-25)28-12-3-7-22-8-5-13-33(35-32)34(22)28/h1-11,13-20,28H,12H2. The van der Waals surface area contributed by atoms with Crippen LogP contribution in [0.15, 0.2) is 109 Å². The molecule has 1 heteroatoms. The zero-order chi connectivity index (χ0) is 22.9. The van der Waals surface area contributed by atoms with Gasteiger partial charge in [0, 0.05) is 17.0 Å². The fourth-order valence-corrected chi connectivity index (χ4v) is 6.13. The zero-order valence-electron chi connectivity index (χ0n) is 19.2. The molecule has 164 valence electrons. The maximum Gasteiger partial charge on any atom is 0.131 e. The molecule has 1 aliphatic carbocycles. The first kappa shape index (κ1) is 19.0. The van der Waals surface area contributed by atoms with Gasteiger partial charge in [-0.05, 0) is 85.8 Å². The normalized spacial score (nSPS) is 15.7. The lowest BCUT2D eigenvalue weighted by atomic mass is 9.79.